The standard InChI is InChI=1S/C22H29N5O/c1-17-8-10-26(11-9-17)21-16-20(19-6-4-3-5-7-19)23-22(24-21)27-14-12-25(13-15-27)18(2)28/h3-7,16-17H,8-15H2,1-2H3. The number of nitrogens with zero attached hydrogens (tertiary/aromatic N) is 5. The number of anilines is 2. The summed E-state index contributed by atoms with van der Waals surface area (Å²) in [6.07, 6.45) is 2.41. The van der Waals surface area contributed by atoms with Crippen molar-refractivity contribution in [3.8, 4) is 11.3 Å². The molecule has 0 aliphatic carbocycles. The number of amides is 1. The molecule has 0 bridgehead atoms. The van der Waals surface area contributed by atoms with E-state index in [1.165, 1.54) is 12.8 Å². The van der Waals surface area contributed by atoms with Crippen LogP contribution in [0.1, 0.15) is 26.7 Å². The van der Waals surface area contributed by atoms with Crippen LogP contribution in [0.3, 0.4) is 0 Å². The van der Waals surface area contributed by atoms with Gasteiger partial charge >= 0.3 is 0 Å². The number of rotatable bonds is 3. The van der Waals surface area contributed by atoms with Gasteiger partial charge < -0.3 is 14.7 Å². The van der Waals surface area contributed by atoms with Crippen molar-refractivity contribution in [2.24, 2.45) is 5.92 Å². The lowest BCUT2D eigenvalue weighted by atomic mass is 9.99. The van der Waals surface area contributed by atoms with E-state index in [1.54, 1.807) is 6.92 Å². The SMILES string of the molecule is CC(=O)N1CCN(c2nc(-c3ccccc3)cc(N3CCC(C)CC3)n2)CC1. The maximum absolute atomic E-state index is 11.6. The van der Waals surface area contributed by atoms with Crippen LogP contribution in [0.15, 0.2) is 36.4 Å². The molecular formula is C22H29N5O. The molecule has 2 aromatic rings. The first-order valence-electron chi connectivity index (χ1n) is 10.3. The van der Waals surface area contributed by atoms with Gasteiger partial charge in [0.2, 0.25) is 11.9 Å². The van der Waals surface area contributed by atoms with E-state index >= 15 is 0 Å². The second-order valence-electron chi connectivity index (χ2n) is 7.94. The number of piperazine rings is 1. The second kappa shape index (κ2) is 8.17. The highest BCUT2D eigenvalue weighted by molar-refractivity contribution is 5.73. The van der Waals surface area contributed by atoms with Crippen LogP contribution in [0.25, 0.3) is 11.3 Å². The van der Waals surface area contributed by atoms with Gasteiger partial charge in [0.05, 0.1) is 5.69 Å². The molecule has 3 heterocycles. The average molecular weight is 380 g/mol. The molecule has 2 aliphatic rings. The molecule has 1 aromatic heterocycles. The Morgan fingerprint density at radius 2 is 1.61 bits per heavy atom. The molecule has 0 saturated carbocycles. The molecule has 4 rings (SSSR count). The third-order valence-corrected chi connectivity index (χ3v) is 5.89. The third-order valence-electron chi connectivity index (χ3n) is 5.89. The molecule has 2 aliphatic heterocycles. The molecule has 1 amide bonds. The minimum absolute atomic E-state index is 0.140. The van der Waals surface area contributed by atoms with Crippen LogP contribution in [0, 0.1) is 5.92 Å². The van der Waals surface area contributed by atoms with Crippen molar-refractivity contribution in [1.82, 2.24) is 14.9 Å². The highest BCUT2D eigenvalue weighted by Gasteiger charge is 2.23. The number of benzene rings is 1. The molecule has 6 heteroatoms. The molecule has 0 atom stereocenters. The molecule has 28 heavy (non-hydrogen) atoms. The van der Waals surface area contributed by atoms with Crippen molar-refractivity contribution in [1.29, 1.82) is 0 Å². The van der Waals surface area contributed by atoms with Crippen LogP contribution in [-0.4, -0.2) is 60.0 Å². The summed E-state index contributed by atoms with van der Waals surface area (Å²) in [5, 5.41) is 0. The molecule has 6 nitrogen and oxygen atoms in total. The van der Waals surface area contributed by atoms with Crippen LogP contribution in [0.5, 0.6) is 0 Å². The lowest BCUT2D eigenvalue weighted by Gasteiger charge is -2.35. The molecule has 148 valence electrons. The third kappa shape index (κ3) is 4.11. The fraction of sp³-hybridized carbons (Fsp3) is 0.500. The number of carbonyl (C=O) groups is 1. The molecule has 1 aromatic carbocycles. The Morgan fingerprint density at radius 3 is 2.25 bits per heavy atom. The first-order valence-corrected chi connectivity index (χ1v) is 10.3. The summed E-state index contributed by atoms with van der Waals surface area (Å²) < 4.78 is 0. The predicted octanol–water partition coefficient (Wildman–Crippen LogP) is 3.05. The van der Waals surface area contributed by atoms with Gasteiger partial charge in [-0.1, -0.05) is 37.3 Å². The lowest BCUT2D eigenvalue weighted by molar-refractivity contribution is -0.129. The van der Waals surface area contributed by atoms with Crippen molar-refractivity contribution in [2.45, 2.75) is 26.7 Å². The summed E-state index contributed by atoms with van der Waals surface area (Å²) in [5.41, 5.74) is 2.08. The van der Waals surface area contributed by atoms with Gasteiger partial charge in [-0.3, -0.25) is 4.79 Å². The minimum Gasteiger partial charge on any atom is -0.356 e. The minimum atomic E-state index is 0.140. The predicted molar refractivity (Wildman–Crippen MR) is 113 cm³/mol. The van der Waals surface area contributed by atoms with E-state index < -0.39 is 0 Å². The number of carbonyl (C=O) groups excluding carboxylic acids is 1. The summed E-state index contributed by atoms with van der Waals surface area (Å²) in [6.45, 7) is 9.05. The Balaban J connectivity index is 1.64. The Labute approximate surface area is 167 Å². The van der Waals surface area contributed by atoms with Crippen LogP contribution >= 0.6 is 0 Å². The second-order valence-corrected chi connectivity index (χ2v) is 7.94. The van der Waals surface area contributed by atoms with Crippen LogP contribution in [-0.2, 0) is 4.79 Å². The van der Waals surface area contributed by atoms with Gasteiger partial charge in [0.25, 0.3) is 0 Å². The summed E-state index contributed by atoms with van der Waals surface area (Å²) in [4.78, 5) is 28.0. The summed E-state index contributed by atoms with van der Waals surface area (Å²) >= 11 is 0. The Kier molecular flexibility index (Phi) is 5.46. The first kappa shape index (κ1) is 18.7. The first-order chi connectivity index (χ1) is 13.6. The van der Waals surface area contributed by atoms with E-state index in [-0.39, 0.29) is 5.91 Å². The molecule has 0 spiro atoms. The van der Waals surface area contributed by atoms with Crippen molar-refractivity contribution in [3.63, 3.8) is 0 Å². The van der Waals surface area contributed by atoms with Gasteiger partial charge in [0, 0.05) is 57.8 Å². The van der Waals surface area contributed by atoms with Gasteiger partial charge in [-0.25, -0.2) is 4.98 Å². The number of hydrogen-bond acceptors (Lipinski definition) is 5. The largest absolute Gasteiger partial charge is 0.356 e. The highest BCUT2D eigenvalue weighted by Crippen LogP contribution is 2.28. The van der Waals surface area contributed by atoms with Crippen molar-refractivity contribution < 1.29 is 4.79 Å². The average Bonchev–Trinajstić information content (AvgIpc) is 2.74. The van der Waals surface area contributed by atoms with Gasteiger partial charge in [-0.05, 0) is 18.8 Å². The van der Waals surface area contributed by atoms with E-state index in [4.69, 9.17) is 9.97 Å². The number of hydrogen-bond donors (Lipinski definition) is 0. The van der Waals surface area contributed by atoms with E-state index in [2.05, 4.69) is 34.9 Å². The molecular weight excluding hydrogens is 350 g/mol. The van der Waals surface area contributed by atoms with Crippen molar-refractivity contribution >= 4 is 17.7 Å². The lowest BCUT2D eigenvalue weighted by Crippen LogP contribution is -2.48. The maximum atomic E-state index is 11.6. The zero-order valence-electron chi connectivity index (χ0n) is 16.8. The molecule has 2 fully saturated rings. The number of aromatic nitrogens is 2. The Morgan fingerprint density at radius 1 is 0.929 bits per heavy atom. The molecule has 0 N–H and O–H groups in total. The summed E-state index contributed by atoms with van der Waals surface area (Å²) in [5.74, 6) is 2.72. The topological polar surface area (TPSA) is 52.6 Å². The molecule has 2 saturated heterocycles. The zero-order chi connectivity index (χ0) is 19.5. The van der Waals surface area contributed by atoms with Gasteiger partial charge in [0.15, 0.2) is 0 Å². The van der Waals surface area contributed by atoms with E-state index in [1.807, 2.05) is 23.1 Å². The van der Waals surface area contributed by atoms with Gasteiger partial charge in [0.1, 0.15) is 5.82 Å². The van der Waals surface area contributed by atoms with Crippen LogP contribution in [0.2, 0.25) is 0 Å². The van der Waals surface area contributed by atoms with Crippen LogP contribution < -0.4 is 9.80 Å². The number of piperidine rings is 1. The van der Waals surface area contributed by atoms with Crippen LogP contribution in [0.4, 0.5) is 11.8 Å². The fourth-order valence-electron chi connectivity index (χ4n) is 3.94. The smallest absolute Gasteiger partial charge is 0.228 e. The Hall–Kier alpha value is -2.63. The van der Waals surface area contributed by atoms with Gasteiger partial charge in [-0.15, -0.1) is 0 Å². The molecule has 0 unspecified atom stereocenters. The van der Waals surface area contributed by atoms with E-state index in [9.17, 15) is 4.79 Å². The zero-order valence-corrected chi connectivity index (χ0v) is 16.8. The van der Waals surface area contributed by atoms with E-state index in [0.29, 0.717) is 0 Å². The molecule has 0 radical (unpaired) electrons. The Bertz CT molecular complexity index is 809. The summed E-state index contributed by atoms with van der Waals surface area (Å²) in [6, 6.07) is 12.4. The van der Waals surface area contributed by atoms with Crippen molar-refractivity contribution in [3.05, 3.63) is 36.4 Å². The normalized spacial score (nSPS) is 18.4. The monoisotopic (exact) mass is 379 g/mol. The highest BCUT2D eigenvalue weighted by atomic mass is 16.2. The van der Waals surface area contributed by atoms with Gasteiger partial charge in [-0.2, -0.15) is 4.98 Å². The quantitative estimate of drug-likeness (QED) is 0.820. The maximum Gasteiger partial charge on any atom is 0.228 e. The van der Waals surface area contributed by atoms with Crippen molar-refractivity contribution in [2.75, 3.05) is 49.1 Å². The summed E-state index contributed by atoms with van der Waals surface area (Å²) in [7, 11) is 0. The fourth-order valence-corrected chi connectivity index (χ4v) is 3.94. The van der Waals surface area contributed by atoms with E-state index in [0.717, 1.165) is 68.2 Å².